The van der Waals surface area contributed by atoms with Gasteiger partial charge in [-0.15, -0.1) is 0 Å². The summed E-state index contributed by atoms with van der Waals surface area (Å²) in [5, 5.41) is 20.6. The summed E-state index contributed by atoms with van der Waals surface area (Å²) in [5.41, 5.74) is -1.17. The van der Waals surface area contributed by atoms with E-state index in [1.807, 2.05) is 12.1 Å². The first kappa shape index (κ1) is 18.9. The Labute approximate surface area is 157 Å². The van der Waals surface area contributed by atoms with Crippen LogP contribution in [0.4, 0.5) is 0 Å². The molecule has 6 nitrogen and oxygen atoms in total. The maximum atomic E-state index is 12.8. The third-order valence-electron chi connectivity index (χ3n) is 4.36. The van der Waals surface area contributed by atoms with Gasteiger partial charge in [0.2, 0.25) is 10.0 Å². The van der Waals surface area contributed by atoms with Crippen LogP contribution in [0.3, 0.4) is 0 Å². The number of aromatic hydroxyl groups is 1. The number of carboxylic acid groups (broad SMARTS) is 1. The Kier molecular flexibility index (Phi) is 4.91. The van der Waals surface area contributed by atoms with Crippen molar-refractivity contribution in [3.63, 3.8) is 0 Å². The monoisotopic (exact) mass is 385 g/mol. The number of sulfonamides is 1. The average molecular weight is 385 g/mol. The van der Waals surface area contributed by atoms with Crippen LogP contribution in [0.25, 0.3) is 10.8 Å². The Bertz CT molecular complexity index is 1090. The van der Waals surface area contributed by atoms with Gasteiger partial charge in [-0.2, -0.15) is 4.72 Å². The first-order valence-electron chi connectivity index (χ1n) is 8.24. The van der Waals surface area contributed by atoms with E-state index < -0.39 is 21.5 Å². The number of hydrogen-bond donors (Lipinski definition) is 3. The van der Waals surface area contributed by atoms with Crippen LogP contribution in [0.1, 0.15) is 12.5 Å². The molecule has 0 aliphatic heterocycles. The number of fused-ring (bicyclic) bond motifs is 1. The topological polar surface area (TPSA) is 104 Å². The highest BCUT2D eigenvalue weighted by atomic mass is 32.2. The molecule has 3 aromatic carbocycles. The molecule has 3 N–H and O–H groups in total. The van der Waals surface area contributed by atoms with Gasteiger partial charge in [-0.3, -0.25) is 4.79 Å². The number of nitrogens with one attached hydrogen (secondary N) is 1. The molecule has 0 radical (unpaired) electrons. The minimum absolute atomic E-state index is 0.000573. The third-order valence-corrected chi connectivity index (χ3v) is 5.95. The Hall–Kier alpha value is -2.90. The van der Waals surface area contributed by atoms with E-state index in [9.17, 15) is 23.4 Å². The van der Waals surface area contributed by atoms with Crippen LogP contribution in [0.5, 0.6) is 5.75 Å². The van der Waals surface area contributed by atoms with E-state index >= 15 is 0 Å². The molecule has 7 heteroatoms. The second kappa shape index (κ2) is 7.02. The van der Waals surface area contributed by atoms with Gasteiger partial charge < -0.3 is 10.2 Å². The van der Waals surface area contributed by atoms with Crippen molar-refractivity contribution in [3.8, 4) is 5.75 Å². The van der Waals surface area contributed by atoms with Crippen LogP contribution < -0.4 is 4.72 Å². The lowest BCUT2D eigenvalue weighted by molar-refractivity contribution is -0.143. The van der Waals surface area contributed by atoms with Gasteiger partial charge in [0.1, 0.15) is 11.3 Å². The largest absolute Gasteiger partial charge is 0.508 e. The first-order valence-corrected chi connectivity index (χ1v) is 9.72. The van der Waals surface area contributed by atoms with E-state index in [1.165, 1.54) is 31.2 Å². The zero-order chi connectivity index (χ0) is 19.7. The number of rotatable bonds is 6. The summed E-state index contributed by atoms with van der Waals surface area (Å²) in [7, 11) is -4.06. The highest BCUT2D eigenvalue weighted by molar-refractivity contribution is 7.89. The number of carbonyl (C=O) groups is 1. The molecule has 0 heterocycles. The molecule has 0 spiro atoms. The Morgan fingerprint density at radius 3 is 2.26 bits per heavy atom. The van der Waals surface area contributed by atoms with Crippen molar-refractivity contribution in [2.45, 2.75) is 23.8 Å². The quantitative estimate of drug-likeness (QED) is 0.605. The Morgan fingerprint density at radius 1 is 1.00 bits per heavy atom. The second-order valence-electron chi connectivity index (χ2n) is 6.59. The second-order valence-corrected chi connectivity index (χ2v) is 8.28. The van der Waals surface area contributed by atoms with Gasteiger partial charge >= 0.3 is 5.97 Å². The fourth-order valence-electron chi connectivity index (χ4n) is 2.87. The van der Waals surface area contributed by atoms with E-state index in [2.05, 4.69) is 4.72 Å². The molecule has 0 saturated heterocycles. The lowest BCUT2D eigenvalue weighted by Crippen LogP contribution is -2.53. The van der Waals surface area contributed by atoms with Crippen LogP contribution in [-0.4, -0.2) is 30.1 Å². The number of carboxylic acids is 1. The first-order chi connectivity index (χ1) is 12.7. The maximum absolute atomic E-state index is 12.8. The van der Waals surface area contributed by atoms with Gasteiger partial charge in [-0.1, -0.05) is 42.5 Å². The van der Waals surface area contributed by atoms with Crippen molar-refractivity contribution >= 4 is 26.8 Å². The molecular weight excluding hydrogens is 366 g/mol. The molecule has 140 valence electrons. The standard InChI is InChI=1S/C20H19NO5S/c1-20(19(23)24,13-14-6-9-17(22)10-7-14)21-27(25,26)18-11-8-15-4-2-3-5-16(15)12-18/h2-12,21-22H,13H2,1H3,(H,23,24). The molecule has 0 saturated carbocycles. The molecule has 0 fully saturated rings. The summed E-state index contributed by atoms with van der Waals surface area (Å²) in [4.78, 5) is 11.8. The summed E-state index contributed by atoms with van der Waals surface area (Å²) in [6, 6.07) is 17.9. The Balaban J connectivity index is 1.93. The molecule has 0 aliphatic carbocycles. The molecule has 0 amide bonds. The molecule has 1 atom stereocenters. The highest BCUT2D eigenvalue weighted by Gasteiger charge is 2.38. The highest BCUT2D eigenvalue weighted by Crippen LogP contribution is 2.23. The fourth-order valence-corrected chi connectivity index (χ4v) is 4.27. The van der Waals surface area contributed by atoms with Gasteiger partial charge in [0, 0.05) is 6.42 Å². The van der Waals surface area contributed by atoms with Crippen molar-refractivity contribution in [2.24, 2.45) is 0 Å². The molecule has 3 rings (SSSR count). The normalized spacial score (nSPS) is 14.0. The van der Waals surface area contributed by atoms with Gasteiger partial charge in [-0.25, -0.2) is 8.42 Å². The fraction of sp³-hybridized carbons (Fsp3) is 0.150. The van der Waals surface area contributed by atoms with Gasteiger partial charge in [0.05, 0.1) is 4.90 Å². The summed E-state index contributed by atoms with van der Waals surface area (Å²) >= 11 is 0. The summed E-state index contributed by atoms with van der Waals surface area (Å²) in [5.74, 6) is -1.24. The van der Waals surface area contributed by atoms with E-state index in [0.29, 0.717) is 5.56 Å². The number of benzene rings is 3. The van der Waals surface area contributed by atoms with Crippen LogP contribution in [0, 0.1) is 0 Å². The van der Waals surface area contributed by atoms with Gasteiger partial charge in [0.15, 0.2) is 0 Å². The van der Waals surface area contributed by atoms with E-state index in [1.54, 1.807) is 30.3 Å². The Morgan fingerprint density at radius 2 is 1.63 bits per heavy atom. The predicted octanol–water partition coefficient (Wildman–Crippen LogP) is 2.91. The third kappa shape index (κ3) is 4.10. The summed E-state index contributed by atoms with van der Waals surface area (Å²) < 4.78 is 28.0. The molecule has 0 bridgehead atoms. The minimum atomic E-state index is -4.06. The van der Waals surface area contributed by atoms with E-state index in [4.69, 9.17) is 0 Å². The number of phenols is 1. The van der Waals surface area contributed by atoms with E-state index in [0.717, 1.165) is 10.8 Å². The number of aliphatic carboxylic acids is 1. The lowest BCUT2D eigenvalue weighted by atomic mass is 9.94. The van der Waals surface area contributed by atoms with Gasteiger partial charge in [0.25, 0.3) is 0 Å². The zero-order valence-electron chi connectivity index (χ0n) is 14.6. The van der Waals surface area contributed by atoms with Crippen LogP contribution in [0.15, 0.2) is 71.6 Å². The van der Waals surface area contributed by atoms with Crippen molar-refractivity contribution in [3.05, 3.63) is 72.3 Å². The van der Waals surface area contributed by atoms with Crippen molar-refractivity contribution in [1.82, 2.24) is 4.72 Å². The van der Waals surface area contributed by atoms with Crippen LogP contribution in [0.2, 0.25) is 0 Å². The number of phenolic OH excluding ortho intramolecular Hbond substituents is 1. The van der Waals surface area contributed by atoms with Crippen molar-refractivity contribution < 1.29 is 23.4 Å². The SMILES string of the molecule is CC(Cc1ccc(O)cc1)(NS(=O)(=O)c1ccc2ccccc2c1)C(=O)O. The number of hydrogen-bond acceptors (Lipinski definition) is 4. The lowest BCUT2D eigenvalue weighted by Gasteiger charge is -2.26. The van der Waals surface area contributed by atoms with Crippen LogP contribution >= 0.6 is 0 Å². The predicted molar refractivity (Wildman–Crippen MR) is 102 cm³/mol. The van der Waals surface area contributed by atoms with Crippen molar-refractivity contribution in [2.75, 3.05) is 0 Å². The molecule has 3 aromatic rings. The molecule has 1 unspecified atom stereocenters. The zero-order valence-corrected chi connectivity index (χ0v) is 15.4. The summed E-state index contributed by atoms with van der Waals surface area (Å²) in [6.07, 6.45) is -0.0740. The summed E-state index contributed by atoms with van der Waals surface area (Å²) in [6.45, 7) is 1.32. The van der Waals surface area contributed by atoms with Crippen molar-refractivity contribution in [1.29, 1.82) is 0 Å². The molecule has 0 aromatic heterocycles. The average Bonchev–Trinajstić information content (AvgIpc) is 2.62. The molecule has 27 heavy (non-hydrogen) atoms. The van der Waals surface area contributed by atoms with Crippen LogP contribution in [-0.2, 0) is 21.2 Å². The maximum Gasteiger partial charge on any atom is 0.324 e. The smallest absolute Gasteiger partial charge is 0.324 e. The molecular formula is C20H19NO5S. The minimum Gasteiger partial charge on any atom is -0.508 e. The van der Waals surface area contributed by atoms with E-state index in [-0.39, 0.29) is 17.1 Å². The van der Waals surface area contributed by atoms with Gasteiger partial charge in [-0.05, 0) is 47.5 Å². The molecule has 0 aliphatic rings.